The normalized spacial score (nSPS) is 10.9. The fourth-order valence-corrected chi connectivity index (χ4v) is 2.83. The molecule has 0 amide bonds. The van der Waals surface area contributed by atoms with E-state index in [2.05, 4.69) is 9.83 Å². The van der Waals surface area contributed by atoms with Crippen LogP contribution in [0.2, 0.25) is 0 Å². The Labute approximate surface area is 127 Å². The minimum atomic E-state index is 0.631. The average Bonchev–Trinajstić information content (AvgIpc) is 2.96. The number of fused-ring (bicyclic) bond motifs is 3. The minimum absolute atomic E-state index is 0.631. The number of furan rings is 1. The van der Waals surface area contributed by atoms with E-state index in [0.717, 1.165) is 38.8 Å². The van der Waals surface area contributed by atoms with Gasteiger partial charge in [-0.25, -0.2) is 4.85 Å². The summed E-state index contributed by atoms with van der Waals surface area (Å²) in [5, 5.41) is 2.09. The molecule has 104 valence electrons. The highest BCUT2D eigenvalue weighted by molar-refractivity contribution is 6.10. The monoisotopic (exact) mass is 284 g/mol. The molecule has 2 aromatic heterocycles. The van der Waals surface area contributed by atoms with Gasteiger partial charge in [-0.15, -0.1) is 0 Å². The SMILES string of the molecule is [C-]#[N+]c1ccc2c(oc3c(-c4ccccn4)cccc32)c1C. The zero-order chi connectivity index (χ0) is 15.1. The smallest absolute Gasteiger partial charge is 0.193 e. The molecule has 2 heterocycles. The Morgan fingerprint density at radius 3 is 2.59 bits per heavy atom. The third kappa shape index (κ3) is 1.71. The first kappa shape index (κ1) is 12.6. The molecular formula is C19H12N2O. The van der Waals surface area contributed by atoms with Crippen molar-refractivity contribution in [1.29, 1.82) is 0 Å². The molecule has 3 heteroatoms. The first-order valence-electron chi connectivity index (χ1n) is 7.03. The van der Waals surface area contributed by atoms with E-state index < -0.39 is 0 Å². The summed E-state index contributed by atoms with van der Waals surface area (Å²) in [6, 6.07) is 15.7. The van der Waals surface area contributed by atoms with Crippen molar-refractivity contribution in [1.82, 2.24) is 4.98 Å². The van der Waals surface area contributed by atoms with E-state index in [1.165, 1.54) is 0 Å². The third-order valence-corrected chi connectivity index (χ3v) is 3.95. The van der Waals surface area contributed by atoms with Crippen LogP contribution < -0.4 is 0 Å². The molecule has 0 N–H and O–H groups in total. The maximum Gasteiger partial charge on any atom is 0.193 e. The standard InChI is InChI=1S/C19H12N2O/c1-12-16(20-2)10-9-14-13-6-5-7-15(19(13)22-18(12)14)17-8-3-4-11-21-17/h3-11H,1H3. The molecule has 0 aliphatic carbocycles. The van der Waals surface area contributed by atoms with Gasteiger partial charge < -0.3 is 4.42 Å². The Morgan fingerprint density at radius 1 is 0.955 bits per heavy atom. The molecule has 3 nitrogen and oxygen atoms in total. The van der Waals surface area contributed by atoms with Crippen LogP contribution in [0.25, 0.3) is 38.0 Å². The molecule has 2 aromatic carbocycles. The number of nitrogens with zero attached hydrogens (tertiary/aromatic N) is 2. The van der Waals surface area contributed by atoms with Gasteiger partial charge in [0.2, 0.25) is 0 Å². The van der Waals surface area contributed by atoms with Crippen LogP contribution in [0.15, 0.2) is 59.1 Å². The molecule has 0 unspecified atom stereocenters. The molecule has 0 atom stereocenters. The molecule has 0 saturated heterocycles. The Balaban J connectivity index is 2.12. The van der Waals surface area contributed by atoms with Crippen LogP contribution in [0.1, 0.15) is 5.56 Å². The van der Waals surface area contributed by atoms with Gasteiger partial charge in [-0.3, -0.25) is 4.98 Å². The second kappa shape index (κ2) is 4.71. The molecular weight excluding hydrogens is 272 g/mol. The molecule has 0 saturated carbocycles. The van der Waals surface area contributed by atoms with Crippen LogP contribution in [0.4, 0.5) is 5.69 Å². The number of hydrogen-bond donors (Lipinski definition) is 0. The third-order valence-electron chi connectivity index (χ3n) is 3.95. The highest BCUT2D eigenvalue weighted by Gasteiger charge is 2.15. The number of para-hydroxylation sites is 1. The van der Waals surface area contributed by atoms with E-state index >= 15 is 0 Å². The van der Waals surface area contributed by atoms with E-state index in [1.807, 2.05) is 55.5 Å². The lowest BCUT2D eigenvalue weighted by Gasteiger charge is -2.00. The second-order valence-corrected chi connectivity index (χ2v) is 5.20. The fraction of sp³-hybridized carbons (Fsp3) is 0.0526. The van der Waals surface area contributed by atoms with E-state index in [1.54, 1.807) is 6.20 Å². The number of aryl methyl sites for hydroxylation is 1. The van der Waals surface area contributed by atoms with Gasteiger partial charge in [0.15, 0.2) is 5.69 Å². The summed E-state index contributed by atoms with van der Waals surface area (Å²) >= 11 is 0. The lowest BCUT2D eigenvalue weighted by Crippen LogP contribution is -1.81. The summed E-state index contributed by atoms with van der Waals surface area (Å²) in [6.45, 7) is 9.17. The predicted molar refractivity (Wildman–Crippen MR) is 88.0 cm³/mol. The molecule has 0 bridgehead atoms. The van der Waals surface area contributed by atoms with Crippen molar-refractivity contribution in [2.75, 3.05) is 0 Å². The minimum Gasteiger partial charge on any atom is -0.456 e. The number of hydrogen-bond acceptors (Lipinski definition) is 2. The van der Waals surface area contributed by atoms with Crippen LogP contribution in [0, 0.1) is 13.5 Å². The van der Waals surface area contributed by atoms with Gasteiger partial charge in [0.05, 0.1) is 12.3 Å². The summed E-state index contributed by atoms with van der Waals surface area (Å²) < 4.78 is 6.13. The summed E-state index contributed by atoms with van der Waals surface area (Å²) in [6.07, 6.45) is 1.78. The topological polar surface area (TPSA) is 30.4 Å². The first-order chi connectivity index (χ1) is 10.8. The largest absolute Gasteiger partial charge is 0.456 e. The van der Waals surface area contributed by atoms with Crippen LogP contribution in [-0.4, -0.2) is 4.98 Å². The van der Waals surface area contributed by atoms with Gasteiger partial charge in [-0.1, -0.05) is 30.3 Å². The van der Waals surface area contributed by atoms with Gasteiger partial charge in [-0.05, 0) is 30.7 Å². The van der Waals surface area contributed by atoms with Crippen molar-refractivity contribution in [3.8, 4) is 11.3 Å². The summed E-state index contributed by atoms with van der Waals surface area (Å²) in [5.74, 6) is 0. The first-order valence-corrected chi connectivity index (χ1v) is 7.03. The molecule has 0 fully saturated rings. The molecule has 0 aliphatic heterocycles. The van der Waals surface area contributed by atoms with E-state index in [0.29, 0.717) is 5.69 Å². The number of aromatic nitrogens is 1. The molecule has 0 spiro atoms. The van der Waals surface area contributed by atoms with Gasteiger partial charge in [0.1, 0.15) is 11.2 Å². The maximum atomic E-state index is 7.24. The Kier molecular flexibility index (Phi) is 2.70. The lowest BCUT2D eigenvalue weighted by atomic mass is 10.0. The van der Waals surface area contributed by atoms with Gasteiger partial charge >= 0.3 is 0 Å². The Hall–Kier alpha value is -3.12. The highest BCUT2D eigenvalue weighted by Crippen LogP contribution is 2.38. The quantitative estimate of drug-likeness (QED) is 0.431. The van der Waals surface area contributed by atoms with Crippen molar-refractivity contribution in [3.63, 3.8) is 0 Å². The number of pyridine rings is 1. The van der Waals surface area contributed by atoms with E-state index in [9.17, 15) is 0 Å². The molecule has 0 aliphatic rings. The highest BCUT2D eigenvalue weighted by atomic mass is 16.3. The predicted octanol–water partition coefficient (Wildman–Crippen LogP) is 5.51. The summed E-state index contributed by atoms with van der Waals surface area (Å²) in [4.78, 5) is 7.97. The van der Waals surface area contributed by atoms with Crippen LogP contribution >= 0.6 is 0 Å². The maximum absolute atomic E-state index is 7.24. The van der Waals surface area contributed by atoms with E-state index in [-0.39, 0.29) is 0 Å². The van der Waals surface area contributed by atoms with Crippen LogP contribution in [0.5, 0.6) is 0 Å². The molecule has 4 aromatic rings. The van der Waals surface area contributed by atoms with Gasteiger partial charge in [0.25, 0.3) is 0 Å². The summed E-state index contributed by atoms with van der Waals surface area (Å²) in [5.41, 5.74) is 4.98. The summed E-state index contributed by atoms with van der Waals surface area (Å²) in [7, 11) is 0. The average molecular weight is 284 g/mol. The van der Waals surface area contributed by atoms with Gasteiger partial charge in [-0.2, -0.15) is 0 Å². The van der Waals surface area contributed by atoms with Gasteiger partial charge in [0, 0.05) is 22.5 Å². The van der Waals surface area contributed by atoms with Crippen molar-refractivity contribution < 1.29 is 4.42 Å². The Bertz CT molecular complexity index is 1040. The molecule has 22 heavy (non-hydrogen) atoms. The van der Waals surface area contributed by atoms with Crippen molar-refractivity contribution >= 4 is 27.6 Å². The van der Waals surface area contributed by atoms with Crippen LogP contribution in [-0.2, 0) is 0 Å². The van der Waals surface area contributed by atoms with Crippen molar-refractivity contribution in [2.45, 2.75) is 6.92 Å². The zero-order valence-corrected chi connectivity index (χ0v) is 12.0. The number of rotatable bonds is 1. The van der Waals surface area contributed by atoms with Crippen molar-refractivity contribution in [3.05, 3.63) is 71.7 Å². The second-order valence-electron chi connectivity index (χ2n) is 5.20. The lowest BCUT2D eigenvalue weighted by molar-refractivity contribution is 0.667. The molecule has 4 rings (SSSR count). The van der Waals surface area contributed by atoms with Crippen LogP contribution in [0.3, 0.4) is 0 Å². The van der Waals surface area contributed by atoms with Crippen molar-refractivity contribution in [2.24, 2.45) is 0 Å². The van der Waals surface area contributed by atoms with E-state index in [4.69, 9.17) is 11.0 Å². The fourth-order valence-electron chi connectivity index (χ4n) is 2.83. The zero-order valence-electron chi connectivity index (χ0n) is 12.0. The Morgan fingerprint density at radius 2 is 1.82 bits per heavy atom. The molecule has 0 radical (unpaired) electrons. The number of benzene rings is 2.